The molecule has 4 atom stereocenters. The third kappa shape index (κ3) is 1.67. The van der Waals surface area contributed by atoms with E-state index in [9.17, 15) is 32.3 Å². The summed E-state index contributed by atoms with van der Waals surface area (Å²) in [5.41, 5.74) is 0. The van der Waals surface area contributed by atoms with E-state index in [0.29, 0.717) is 0 Å². The number of Topliss-reactive ketones (excluding diaryl/α,β-unsaturated/α-hetero) is 1. The first-order valence-corrected chi connectivity index (χ1v) is 5.65. The normalized spacial score (nSPS) is 35.8. The minimum atomic E-state index is -4.96. The van der Waals surface area contributed by atoms with E-state index in [-0.39, 0.29) is 19.3 Å². The van der Waals surface area contributed by atoms with Crippen LogP contribution in [0.4, 0.5) is 17.6 Å². The van der Waals surface area contributed by atoms with Crippen LogP contribution in [0.2, 0.25) is 0 Å². The molecule has 2 fully saturated rings. The van der Waals surface area contributed by atoms with Crippen LogP contribution >= 0.6 is 0 Å². The van der Waals surface area contributed by atoms with E-state index in [1.165, 1.54) is 0 Å². The summed E-state index contributed by atoms with van der Waals surface area (Å²) >= 11 is 0. The number of aldehydes is 1. The lowest BCUT2D eigenvalue weighted by molar-refractivity contribution is -0.235. The lowest BCUT2D eigenvalue weighted by Gasteiger charge is -2.34. The number of fused-ring (bicyclic) bond motifs is 2. The summed E-state index contributed by atoms with van der Waals surface area (Å²) < 4.78 is 54.0. The van der Waals surface area contributed by atoms with Gasteiger partial charge in [0.1, 0.15) is 0 Å². The minimum absolute atomic E-state index is 0.0519. The van der Waals surface area contributed by atoms with Crippen molar-refractivity contribution in [1.82, 2.24) is 0 Å². The van der Waals surface area contributed by atoms with Crippen LogP contribution in [0.3, 0.4) is 0 Å². The molecule has 7 heteroatoms. The molecular formula is C11H12F4O3. The Bertz CT molecular complexity index is 380. The van der Waals surface area contributed by atoms with Crippen molar-refractivity contribution in [3.8, 4) is 0 Å². The standard InChI is InChI=1S/C11H12F4O3/c12-10(13,11(14,15)9(18)4-16)7-2-6-1-5(7)3-8(6)17/h4-8,17H,1-3H2. The molecule has 2 aliphatic rings. The highest BCUT2D eigenvalue weighted by molar-refractivity contribution is 6.28. The zero-order valence-corrected chi connectivity index (χ0v) is 9.28. The maximum absolute atomic E-state index is 13.7. The van der Waals surface area contributed by atoms with Gasteiger partial charge in [-0.15, -0.1) is 0 Å². The van der Waals surface area contributed by atoms with E-state index in [4.69, 9.17) is 0 Å². The summed E-state index contributed by atoms with van der Waals surface area (Å²) in [6.07, 6.45) is -1.41. The number of ketones is 1. The molecule has 0 aromatic rings. The second kappa shape index (κ2) is 4.01. The summed E-state index contributed by atoms with van der Waals surface area (Å²) in [7, 11) is 0. The minimum Gasteiger partial charge on any atom is -0.393 e. The van der Waals surface area contributed by atoms with Crippen molar-refractivity contribution in [3.63, 3.8) is 0 Å². The molecule has 2 rings (SSSR count). The molecule has 1 N–H and O–H groups in total. The third-order valence-corrected chi connectivity index (χ3v) is 4.12. The van der Waals surface area contributed by atoms with Gasteiger partial charge < -0.3 is 5.11 Å². The maximum Gasteiger partial charge on any atom is 0.374 e. The first-order chi connectivity index (χ1) is 8.21. The molecule has 0 amide bonds. The molecule has 102 valence electrons. The Morgan fingerprint density at radius 3 is 2.11 bits per heavy atom. The van der Waals surface area contributed by atoms with Gasteiger partial charge in [-0.25, -0.2) is 0 Å². The van der Waals surface area contributed by atoms with Gasteiger partial charge >= 0.3 is 11.8 Å². The highest BCUT2D eigenvalue weighted by atomic mass is 19.3. The van der Waals surface area contributed by atoms with Crippen molar-refractivity contribution in [2.75, 3.05) is 0 Å². The van der Waals surface area contributed by atoms with Crippen LogP contribution in [-0.4, -0.2) is 35.1 Å². The van der Waals surface area contributed by atoms with Gasteiger partial charge in [0.05, 0.1) is 6.10 Å². The molecule has 0 aromatic carbocycles. The number of halogens is 4. The number of carbonyl (C=O) groups is 2. The van der Waals surface area contributed by atoms with Crippen molar-refractivity contribution in [1.29, 1.82) is 0 Å². The highest BCUT2D eigenvalue weighted by Gasteiger charge is 2.69. The summed E-state index contributed by atoms with van der Waals surface area (Å²) in [6.45, 7) is 0. The molecule has 2 aliphatic carbocycles. The van der Waals surface area contributed by atoms with Crippen LogP contribution in [-0.2, 0) is 9.59 Å². The van der Waals surface area contributed by atoms with Gasteiger partial charge in [-0.1, -0.05) is 0 Å². The van der Waals surface area contributed by atoms with Gasteiger partial charge in [0.2, 0.25) is 0 Å². The zero-order valence-electron chi connectivity index (χ0n) is 9.28. The van der Waals surface area contributed by atoms with E-state index in [1.54, 1.807) is 0 Å². The number of carbonyl (C=O) groups excluding carboxylic acids is 2. The SMILES string of the molecule is O=CC(=O)C(F)(F)C(F)(F)C1CC2CC1CC2O. The van der Waals surface area contributed by atoms with Gasteiger partial charge in [0, 0.05) is 5.92 Å². The van der Waals surface area contributed by atoms with E-state index in [1.807, 2.05) is 0 Å². The van der Waals surface area contributed by atoms with E-state index in [0.717, 1.165) is 0 Å². The first kappa shape index (κ1) is 13.5. The Hall–Kier alpha value is -0.980. The smallest absolute Gasteiger partial charge is 0.374 e. The molecule has 2 saturated carbocycles. The van der Waals surface area contributed by atoms with Gasteiger partial charge in [-0.05, 0) is 31.1 Å². The van der Waals surface area contributed by atoms with Gasteiger partial charge in [0.25, 0.3) is 5.78 Å². The van der Waals surface area contributed by atoms with Crippen molar-refractivity contribution in [2.45, 2.75) is 37.2 Å². The topological polar surface area (TPSA) is 54.4 Å². The molecule has 18 heavy (non-hydrogen) atoms. The van der Waals surface area contributed by atoms with E-state index < -0.39 is 47.8 Å². The Kier molecular flexibility index (Phi) is 3.00. The largest absolute Gasteiger partial charge is 0.393 e. The third-order valence-electron chi connectivity index (χ3n) is 4.12. The average molecular weight is 268 g/mol. The van der Waals surface area contributed by atoms with Gasteiger partial charge in [-0.3, -0.25) is 9.59 Å². The zero-order chi connectivity index (χ0) is 13.7. The molecule has 0 aromatic heterocycles. The molecule has 0 radical (unpaired) electrons. The average Bonchev–Trinajstić information content (AvgIpc) is 2.86. The number of hydrogen-bond acceptors (Lipinski definition) is 3. The fourth-order valence-electron chi connectivity index (χ4n) is 3.16. The number of aliphatic hydroxyl groups excluding tert-OH is 1. The van der Waals surface area contributed by atoms with Crippen molar-refractivity contribution in [3.05, 3.63) is 0 Å². The quantitative estimate of drug-likeness (QED) is 0.477. The van der Waals surface area contributed by atoms with Crippen LogP contribution in [0.25, 0.3) is 0 Å². The van der Waals surface area contributed by atoms with Crippen molar-refractivity contribution < 1.29 is 32.3 Å². The second-order valence-electron chi connectivity index (χ2n) is 5.08. The lowest BCUT2D eigenvalue weighted by atomic mass is 9.80. The van der Waals surface area contributed by atoms with Crippen LogP contribution < -0.4 is 0 Å². The fraction of sp³-hybridized carbons (Fsp3) is 0.818. The molecular weight excluding hydrogens is 256 g/mol. The predicted molar refractivity (Wildman–Crippen MR) is 51.3 cm³/mol. The van der Waals surface area contributed by atoms with Crippen LogP contribution in [0.15, 0.2) is 0 Å². The second-order valence-corrected chi connectivity index (χ2v) is 5.08. The predicted octanol–water partition coefficient (Wildman–Crippen LogP) is 1.43. The van der Waals surface area contributed by atoms with E-state index in [2.05, 4.69) is 0 Å². The monoisotopic (exact) mass is 268 g/mol. The van der Waals surface area contributed by atoms with E-state index >= 15 is 0 Å². The molecule has 0 saturated heterocycles. The maximum atomic E-state index is 13.7. The van der Waals surface area contributed by atoms with Gasteiger partial charge in [0.15, 0.2) is 6.29 Å². The number of aliphatic hydroxyl groups is 1. The molecule has 4 unspecified atom stereocenters. The van der Waals surface area contributed by atoms with Crippen LogP contribution in [0, 0.1) is 17.8 Å². The van der Waals surface area contributed by atoms with Crippen LogP contribution in [0.1, 0.15) is 19.3 Å². The number of rotatable bonds is 4. The van der Waals surface area contributed by atoms with Crippen molar-refractivity contribution in [2.24, 2.45) is 17.8 Å². The summed E-state index contributed by atoms with van der Waals surface area (Å²) in [6, 6.07) is 0. The van der Waals surface area contributed by atoms with Crippen LogP contribution in [0.5, 0.6) is 0 Å². The number of hydrogen-bond donors (Lipinski definition) is 1. The molecule has 0 spiro atoms. The number of alkyl halides is 4. The summed E-state index contributed by atoms with van der Waals surface area (Å²) in [5.74, 6) is -14.7. The lowest BCUT2D eigenvalue weighted by Crippen LogP contribution is -2.54. The van der Waals surface area contributed by atoms with Crippen molar-refractivity contribution >= 4 is 12.1 Å². The molecule has 0 heterocycles. The summed E-state index contributed by atoms with van der Waals surface area (Å²) in [5, 5.41) is 9.41. The Morgan fingerprint density at radius 2 is 1.72 bits per heavy atom. The van der Waals surface area contributed by atoms with Gasteiger partial charge in [-0.2, -0.15) is 17.6 Å². The summed E-state index contributed by atoms with van der Waals surface area (Å²) in [4.78, 5) is 20.7. The molecule has 0 aliphatic heterocycles. The molecule has 2 bridgehead atoms. The fourth-order valence-corrected chi connectivity index (χ4v) is 3.16. The molecule has 3 nitrogen and oxygen atoms in total. The Morgan fingerprint density at radius 1 is 1.11 bits per heavy atom. The Labute approximate surface area is 100 Å². The Balaban J connectivity index is 2.22. The highest BCUT2D eigenvalue weighted by Crippen LogP contribution is 2.57. The first-order valence-electron chi connectivity index (χ1n) is 5.65.